The zero-order valence-electron chi connectivity index (χ0n) is 13.3. The number of rotatable bonds is 3. The Labute approximate surface area is 141 Å². The van der Waals surface area contributed by atoms with E-state index < -0.39 is 0 Å². The largest absolute Gasteiger partial charge is 0.324 e. The van der Waals surface area contributed by atoms with Gasteiger partial charge in [-0.15, -0.1) is 0 Å². The average molecular weight is 327 g/mol. The molecule has 3 rings (SSSR count). The molecule has 0 N–H and O–H groups in total. The topological polar surface area (TPSA) is 23.6 Å². The molecule has 0 saturated heterocycles. The van der Waals surface area contributed by atoms with Gasteiger partial charge in [-0.05, 0) is 36.3 Å². The SMILES string of the molecule is Cc1ccc(C2=CCN(Cc3ccc(Cl)cc3)C(=O)N2C)cc1. The molecule has 0 saturated carbocycles. The van der Waals surface area contributed by atoms with E-state index in [0.717, 1.165) is 16.8 Å². The zero-order chi connectivity index (χ0) is 16.4. The first-order chi connectivity index (χ1) is 11.0. The predicted octanol–water partition coefficient (Wildman–Crippen LogP) is 4.56. The van der Waals surface area contributed by atoms with Crippen LogP contribution in [0, 0.1) is 6.92 Å². The standard InChI is InChI=1S/C19H19ClN2O/c1-14-3-7-16(8-4-14)18-11-12-22(19(23)21(18)2)13-15-5-9-17(20)10-6-15/h3-11H,12-13H2,1-2H3. The van der Waals surface area contributed by atoms with Crippen LogP contribution in [0.3, 0.4) is 0 Å². The summed E-state index contributed by atoms with van der Waals surface area (Å²) in [5.74, 6) is 0. The van der Waals surface area contributed by atoms with E-state index in [9.17, 15) is 4.79 Å². The molecule has 23 heavy (non-hydrogen) atoms. The van der Waals surface area contributed by atoms with E-state index in [-0.39, 0.29) is 6.03 Å². The maximum absolute atomic E-state index is 12.6. The van der Waals surface area contributed by atoms with E-state index in [1.807, 2.05) is 36.2 Å². The summed E-state index contributed by atoms with van der Waals surface area (Å²) in [4.78, 5) is 16.2. The van der Waals surface area contributed by atoms with Gasteiger partial charge < -0.3 is 4.90 Å². The maximum Gasteiger partial charge on any atom is 0.324 e. The lowest BCUT2D eigenvalue weighted by molar-refractivity contribution is 0.177. The third kappa shape index (κ3) is 3.40. The first-order valence-electron chi connectivity index (χ1n) is 7.59. The van der Waals surface area contributed by atoms with Crippen LogP contribution < -0.4 is 0 Å². The smallest absolute Gasteiger partial charge is 0.316 e. The second-order valence-electron chi connectivity index (χ2n) is 5.80. The van der Waals surface area contributed by atoms with Gasteiger partial charge >= 0.3 is 6.03 Å². The van der Waals surface area contributed by atoms with Crippen molar-refractivity contribution >= 4 is 23.3 Å². The van der Waals surface area contributed by atoms with Gasteiger partial charge in [0.05, 0.1) is 5.70 Å². The minimum Gasteiger partial charge on any atom is -0.316 e. The quantitative estimate of drug-likeness (QED) is 0.811. The van der Waals surface area contributed by atoms with Crippen molar-refractivity contribution in [1.82, 2.24) is 9.80 Å². The van der Waals surface area contributed by atoms with E-state index >= 15 is 0 Å². The Bertz CT molecular complexity index is 735. The van der Waals surface area contributed by atoms with Gasteiger partial charge in [0.25, 0.3) is 0 Å². The minimum atomic E-state index is 0.0121. The lowest BCUT2D eigenvalue weighted by Gasteiger charge is -2.33. The lowest BCUT2D eigenvalue weighted by atomic mass is 10.1. The lowest BCUT2D eigenvalue weighted by Crippen LogP contribution is -2.43. The summed E-state index contributed by atoms with van der Waals surface area (Å²) in [5, 5.41) is 0.706. The van der Waals surface area contributed by atoms with Gasteiger partial charge in [0.15, 0.2) is 0 Å². The predicted molar refractivity (Wildman–Crippen MR) is 94.2 cm³/mol. The Morgan fingerprint density at radius 1 is 1.04 bits per heavy atom. The fourth-order valence-corrected chi connectivity index (χ4v) is 2.83. The van der Waals surface area contributed by atoms with E-state index in [1.54, 1.807) is 4.90 Å². The van der Waals surface area contributed by atoms with Gasteiger partial charge in [0.1, 0.15) is 0 Å². The van der Waals surface area contributed by atoms with Gasteiger partial charge in [0.2, 0.25) is 0 Å². The summed E-state index contributed by atoms with van der Waals surface area (Å²) in [6, 6.07) is 15.9. The summed E-state index contributed by atoms with van der Waals surface area (Å²) >= 11 is 5.91. The number of aryl methyl sites for hydroxylation is 1. The number of urea groups is 1. The number of hydrogen-bond donors (Lipinski definition) is 0. The number of carbonyl (C=O) groups excluding carboxylic acids is 1. The molecule has 4 heteroatoms. The van der Waals surface area contributed by atoms with Crippen LogP contribution >= 0.6 is 11.6 Å². The van der Waals surface area contributed by atoms with Crippen LogP contribution in [0.2, 0.25) is 5.02 Å². The second kappa shape index (κ2) is 6.47. The van der Waals surface area contributed by atoms with E-state index in [4.69, 9.17) is 11.6 Å². The van der Waals surface area contributed by atoms with Crippen molar-refractivity contribution in [1.29, 1.82) is 0 Å². The third-order valence-corrected chi connectivity index (χ3v) is 4.31. The van der Waals surface area contributed by atoms with Gasteiger partial charge in [-0.1, -0.05) is 53.6 Å². The summed E-state index contributed by atoms with van der Waals surface area (Å²) in [5.41, 5.74) is 4.31. The highest BCUT2D eigenvalue weighted by molar-refractivity contribution is 6.30. The highest BCUT2D eigenvalue weighted by atomic mass is 35.5. The molecule has 0 unspecified atom stereocenters. The molecule has 0 aliphatic carbocycles. The molecule has 2 aromatic carbocycles. The highest BCUT2D eigenvalue weighted by Crippen LogP contribution is 2.24. The molecule has 1 aliphatic heterocycles. The maximum atomic E-state index is 12.6. The second-order valence-corrected chi connectivity index (χ2v) is 6.24. The average Bonchev–Trinajstić information content (AvgIpc) is 2.55. The first kappa shape index (κ1) is 15.6. The Morgan fingerprint density at radius 2 is 1.70 bits per heavy atom. The van der Waals surface area contributed by atoms with Crippen molar-refractivity contribution in [3.63, 3.8) is 0 Å². The minimum absolute atomic E-state index is 0.0121. The Kier molecular flexibility index (Phi) is 4.39. The molecule has 0 bridgehead atoms. The molecule has 0 radical (unpaired) electrons. The van der Waals surface area contributed by atoms with Crippen molar-refractivity contribution in [2.24, 2.45) is 0 Å². The van der Waals surface area contributed by atoms with Crippen molar-refractivity contribution in [3.8, 4) is 0 Å². The molecule has 0 aromatic heterocycles. The number of amides is 2. The Hall–Kier alpha value is -2.26. The molecular formula is C19H19ClN2O. The molecule has 2 amide bonds. The number of halogens is 1. The number of hydrogen-bond acceptors (Lipinski definition) is 1. The summed E-state index contributed by atoms with van der Waals surface area (Å²) in [6.07, 6.45) is 2.10. The molecule has 2 aromatic rings. The van der Waals surface area contributed by atoms with Crippen LogP contribution in [0.15, 0.2) is 54.6 Å². The van der Waals surface area contributed by atoms with E-state index in [2.05, 4.69) is 37.3 Å². The molecule has 0 fully saturated rings. The first-order valence-corrected chi connectivity index (χ1v) is 7.96. The van der Waals surface area contributed by atoms with Crippen molar-refractivity contribution in [2.45, 2.75) is 13.5 Å². The fraction of sp³-hybridized carbons (Fsp3) is 0.211. The molecule has 0 spiro atoms. The van der Waals surface area contributed by atoms with Crippen molar-refractivity contribution in [3.05, 3.63) is 76.3 Å². The van der Waals surface area contributed by atoms with Gasteiger partial charge in [-0.3, -0.25) is 4.90 Å². The third-order valence-electron chi connectivity index (χ3n) is 4.06. The van der Waals surface area contributed by atoms with Crippen LogP contribution in [0.1, 0.15) is 16.7 Å². The monoisotopic (exact) mass is 326 g/mol. The van der Waals surface area contributed by atoms with Crippen LogP contribution in [0.4, 0.5) is 4.79 Å². The van der Waals surface area contributed by atoms with Crippen LogP contribution in [-0.2, 0) is 6.54 Å². The molecule has 1 aliphatic rings. The number of carbonyl (C=O) groups is 1. The van der Waals surface area contributed by atoms with Gasteiger partial charge in [0, 0.05) is 25.2 Å². The van der Waals surface area contributed by atoms with Crippen LogP contribution in [-0.4, -0.2) is 29.4 Å². The summed E-state index contributed by atoms with van der Waals surface area (Å²) in [6.45, 7) is 3.24. The fourth-order valence-electron chi connectivity index (χ4n) is 2.71. The highest BCUT2D eigenvalue weighted by Gasteiger charge is 2.25. The number of nitrogens with zero attached hydrogens (tertiary/aromatic N) is 2. The summed E-state index contributed by atoms with van der Waals surface area (Å²) < 4.78 is 0. The van der Waals surface area contributed by atoms with E-state index in [1.165, 1.54) is 5.56 Å². The molecule has 1 heterocycles. The molecular weight excluding hydrogens is 308 g/mol. The number of benzene rings is 2. The van der Waals surface area contributed by atoms with E-state index in [0.29, 0.717) is 18.1 Å². The van der Waals surface area contributed by atoms with Crippen molar-refractivity contribution < 1.29 is 4.79 Å². The van der Waals surface area contributed by atoms with Gasteiger partial charge in [-0.2, -0.15) is 0 Å². The summed E-state index contributed by atoms with van der Waals surface area (Å²) in [7, 11) is 1.82. The molecule has 3 nitrogen and oxygen atoms in total. The zero-order valence-corrected chi connectivity index (χ0v) is 14.0. The Morgan fingerprint density at radius 3 is 2.35 bits per heavy atom. The van der Waals surface area contributed by atoms with Crippen LogP contribution in [0.25, 0.3) is 5.70 Å². The van der Waals surface area contributed by atoms with Crippen LogP contribution in [0.5, 0.6) is 0 Å². The van der Waals surface area contributed by atoms with Crippen molar-refractivity contribution in [2.75, 3.05) is 13.6 Å². The Balaban J connectivity index is 1.78. The normalized spacial score (nSPS) is 14.9. The van der Waals surface area contributed by atoms with Gasteiger partial charge in [-0.25, -0.2) is 4.79 Å². The molecule has 118 valence electrons. The molecule has 0 atom stereocenters.